The molecule has 0 atom stereocenters. The number of aromatic nitrogens is 1. The quantitative estimate of drug-likeness (QED) is 0.183. The van der Waals surface area contributed by atoms with E-state index in [1.54, 1.807) is 0 Å². The Kier molecular flexibility index (Phi) is 6.16. The third-order valence-electron chi connectivity index (χ3n) is 10.4. The molecule has 238 valence electrons. The maximum Gasteiger partial charge on any atom is 0.143 e. The summed E-state index contributed by atoms with van der Waals surface area (Å²) >= 11 is 1.86. The fourth-order valence-corrected chi connectivity index (χ4v) is 9.07. The molecule has 0 fully saturated rings. The summed E-state index contributed by atoms with van der Waals surface area (Å²) in [6, 6.07) is 63.5. The van der Waals surface area contributed by atoms with Gasteiger partial charge in [-0.1, -0.05) is 133 Å². The molecule has 0 unspecified atom stereocenters. The van der Waals surface area contributed by atoms with E-state index in [0.29, 0.717) is 0 Å². The Morgan fingerprint density at radius 3 is 1.80 bits per heavy atom. The molecule has 0 spiro atoms. The van der Waals surface area contributed by atoms with Crippen LogP contribution in [0.3, 0.4) is 0 Å². The molecule has 8 aromatic carbocycles. The largest absolute Gasteiger partial charge is 0.455 e. The molecule has 0 N–H and O–H groups in total. The van der Waals surface area contributed by atoms with E-state index < -0.39 is 0 Å². The SMILES string of the molecule is c1ccc(-c2ccc(-c3ccc(-c4cccc5c4oc4cc(-n6c7ccccc7c7cc8c(cc76)sc6ccccc68)ccc45)cc3)cc2)cc1. The van der Waals surface area contributed by atoms with Crippen LogP contribution in [-0.4, -0.2) is 4.57 Å². The first kappa shape index (κ1) is 28.4. The minimum Gasteiger partial charge on any atom is -0.455 e. The van der Waals surface area contributed by atoms with Gasteiger partial charge in [-0.25, -0.2) is 0 Å². The number of benzene rings is 8. The first-order valence-electron chi connectivity index (χ1n) is 17.3. The molecule has 0 saturated heterocycles. The summed E-state index contributed by atoms with van der Waals surface area (Å²) in [5, 5.41) is 7.42. The molecule has 51 heavy (non-hydrogen) atoms. The van der Waals surface area contributed by atoms with Crippen molar-refractivity contribution in [2.24, 2.45) is 0 Å². The molecular formula is C48H29NOS. The van der Waals surface area contributed by atoms with Gasteiger partial charge in [0.25, 0.3) is 0 Å². The van der Waals surface area contributed by atoms with Crippen LogP contribution in [0.25, 0.3) is 103 Å². The molecule has 0 amide bonds. The number of hydrogen-bond donors (Lipinski definition) is 0. The Labute approximate surface area is 298 Å². The standard InChI is InChI=1S/C48H29NOS/c1-2-9-30(10-3-1)31-17-19-32(20-18-31)33-21-23-34(24-22-33)36-13-8-14-40-38-26-25-35(27-45(38)50-48(36)40)49-43-15-6-4-11-37(43)41-28-42-39-12-5-7-16-46(39)51-47(42)29-44(41)49/h1-29H. The van der Waals surface area contributed by atoms with Crippen molar-refractivity contribution in [2.75, 3.05) is 0 Å². The first-order chi connectivity index (χ1) is 25.3. The summed E-state index contributed by atoms with van der Waals surface area (Å²) in [4.78, 5) is 0. The van der Waals surface area contributed by atoms with Gasteiger partial charge in [0.15, 0.2) is 0 Å². The van der Waals surface area contributed by atoms with Crippen LogP contribution in [0, 0.1) is 0 Å². The molecule has 2 nitrogen and oxygen atoms in total. The van der Waals surface area contributed by atoms with E-state index in [-0.39, 0.29) is 0 Å². The number of rotatable bonds is 4. The molecule has 3 heterocycles. The Bertz CT molecular complexity index is 3110. The Hall–Kier alpha value is -6.42. The molecule has 11 aromatic rings. The molecule has 0 aliphatic rings. The first-order valence-corrected chi connectivity index (χ1v) is 18.1. The highest BCUT2D eigenvalue weighted by Gasteiger charge is 2.18. The summed E-state index contributed by atoms with van der Waals surface area (Å²) in [5.74, 6) is 0. The van der Waals surface area contributed by atoms with Gasteiger partial charge < -0.3 is 8.98 Å². The fourth-order valence-electron chi connectivity index (χ4n) is 7.95. The van der Waals surface area contributed by atoms with Crippen LogP contribution in [-0.2, 0) is 0 Å². The Morgan fingerprint density at radius 1 is 0.373 bits per heavy atom. The van der Waals surface area contributed by atoms with Gasteiger partial charge >= 0.3 is 0 Å². The van der Waals surface area contributed by atoms with Gasteiger partial charge in [-0.2, -0.15) is 0 Å². The monoisotopic (exact) mass is 667 g/mol. The second kappa shape index (κ2) is 11.0. The summed E-state index contributed by atoms with van der Waals surface area (Å²) in [5.41, 5.74) is 12.4. The van der Waals surface area contributed by atoms with Crippen LogP contribution in [0.5, 0.6) is 0 Å². The van der Waals surface area contributed by atoms with E-state index in [2.05, 4.69) is 180 Å². The summed E-state index contributed by atoms with van der Waals surface area (Å²) in [7, 11) is 0. The Balaban J connectivity index is 1.01. The van der Waals surface area contributed by atoms with E-state index in [1.807, 2.05) is 11.3 Å². The molecule has 3 heteroatoms. The second-order valence-corrected chi connectivity index (χ2v) is 14.4. The molecule has 3 aromatic heterocycles. The second-order valence-electron chi connectivity index (χ2n) is 13.3. The minimum atomic E-state index is 0.888. The van der Waals surface area contributed by atoms with Crippen molar-refractivity contribution in [1.29, 1.82) is 0 Å². The van der Waals surface area contributed by atoms with Crippen molar-refractivity contribution >= 4 is 75.3 Å². The normalized spacial score (nSPS) is 11.9. The van der Waals surface area contributed by atoms with Crippen LogP contribution in [0.4, 0.5) is 0 Å². The molecular weight excluding hydrogens is 639 g/mol. The lowest BCUT2D eigenvalue weighted by atomic mass is 9.97. The van der Waals surface area contributed by atoms with Crippen molar-refractivity contribution in [3.8, 4) is 39.1 Å². The maximum absolute atomic E-state index is 6.77. The van der Waals surface area contributed by atoms with Crippen molar-refractivity contribution in [1.82, 2.24) is 4.57 Å². The van der Waals surface area contributed by atoms with Crippen LogP contribution in [0.15, 0.2) is 180 Å². The molecule has 0 saturated carbocycles. The predicted molar refractivity (Wildman–Crippen MR) is 217 cm³/mol. The van der Waals surface area contributed by atoms with Gasteiger partial charge in [0.05, 0.1) is 11.0 Å². The van der Waals surface area contributed by atoms with E-state index >= 15 is 0 Å². The van der Waals surface area contributed by atoms with Crippen molar-refractivity contribution in [2.45, 2.75) is 0 Å². The highest BCUT2D eigenvalue weighted by atomic mass is 32.1. The molecule has 0 aliphatic heterocycles. The Morgan fingerprint density at radius 2 is 1.02 bits per heavy atom. The highest BCUT2D eigenvalue weighted by molar-refractivity contribution is 7.25. The number of hydrogen-bond acceptors (Lipinski definition) is 2. The zero-order valence-electron chi connectivity index (χ0n) is 27.5. The third-order valence-corrected chi connectivity index (χ3v) is 11.6. The van der Waals surface area contributed by atoms with Gasteiger partial charge in [-0.15, -0.1) is 11.3 Å². The van der Waals surface area contributed by atoms with Gasteiger partial charge in [0.2, 0.25) is 0 Å². The van der Waals surface area contributed by atoms with E-state index in [1.165, 1.54) is 64.2 Å². The van der Waals surface area contributed by atoms with E-state index in [9.17, 15) is 0 Å². The topological polar surface area (TPSA) is 18.1 Å². The lowest BCUT2D eigenvalue weighted by Crippen LogP contribution is -1.93. The number of fused-ring (bicyclic) bond motifs is 9. The van der Waals surface area contributed by atoms with Crippen molar-refractivity contribution in [3.05, 3.63) is 176 Å². The molecule has 11 rings (SSSR count). The van der Waals surface area contributed by atoms with Gasteiger partial charge in [-0.3, -0.25) is 0 Å². The molecule has 0 radical (unpaired) electrons. The number of nitrogens with zero attached hydrogens (tertiary/aromatic N) is 1. The number of furan rings is 1. The predicted octanol–water partition coefficient (Wildman–Crippen LogP) is 14.1. The van der Waals surface area contributed by atoms with Crippen LogP contribution < -0.4 is 0 Å². The fraction of sp³-hybridized carbons (Fsp3) is 0. The lowest BCUT2D eigenvalue weighted by molar-refractivity contribution is 0.669. The average Bonchev–Trinajstić information content (AvgIpc) is 3.86. The maximum atomic E-state index is 6.77. The minimum absolute atomic E-state index is 0.888. The molecule has 0 aliphatic carbocycles. The van der Waals surface area contributed by atoms with E-state index in [4.69, 9.17) is 4.42 Å². The zero-order chi connectivity index (χ0) is 33.5. The van der Waals surface area contributed by atoms with Crippen LogP contribution >= 0.6 is 11.3 Å². The van der Waals surface area contributed by atoms with Gasteiger partial charge in [-0.05, 0) is 64.2 Å². The highest BCUT2D eigenvalue weighted by Crippen LogP contribution is 2.42. The van der Waals surface area contributed by atoms with Crippen molar-refractivity contribution < 1.29 is 4.42 Å². The lowest BCUT2D eigenvalue weighted by Gasteiger charge is -2.08. The summed E-state index contributed by atoms with van der Waals surface area (Å²) < 4.78 is 11.8. The summed E-state index contributed by atoms with van der Waals surface area (Å²) in [6.07, 6.45) is 0. The average molecular weight is 668 g/mol. The molecule has 0 bridgehead atoms. The van der Waals surface area contributed by atoms with E-state index in [0.717, 1.165) is 38.8 Å². The van der Waals surface area contributed by atoms with Gasteiger partial charge in [0.1, 0.15) is 11.2 Å². The van der Waals surface area contributed by atoms with Crippen LogP contribution in [0.2, 0.25) is 0 Å². The zero-order valence-corrected chi connectivity index (χ0v) is 28.3. The third kappa shape index (κ3) is 4.42. The smallest absolute Gasteiger partial charge is 0.143 e. The summed E-state index contributed by atoms with van der Waals surface area (Å²) in [6.45, 7) is 0. The number of para-hydroxylation sites is 2. The number of thiophene rings is 1. The van der Waals surface area contributed by atoms with Crippen LogP contribution in [0.1, 0.15) is 0 Å². The van der Waals surface area contributed by atoms with Gasteiger partial charge in [0, 0.05) is 59.0 Å². The van der Waals surface area contributed by atoms with Crippen molar-refractivity contribution in [3.63, 3.8) is 0 Å².